The first-order valence-electron chi connectivity index (χ1n) is 25.1. The second kappa shape index (κ2) is 47.0. The minimum atomic E-state index is -0.672. The number of amides is 1. The van der Waals surface area contributed by atoms with Crippen LogP contribution in [0.15, 0.2) is 24.3 Å². The molecule has 0 aromatic heterocycles. The number of carbonyl (C=O) groups is 2. The molecule has 0 fully saturated rings. The molecule has 6 heteroatoms. The van der Waals surface area contributed by atoms with E-state index < -0.39 is 12.1 Å². The van der Waals surface area contributed by atoms with E-state index in [1.807, 2.05) is 0 Å². The number of aliphatic hydroxyl groups is 2. The van der Waals surface area contributed by atoms with Gasteiger partial charge in [-0.25, -0.2) is 0 Å². The van der Waals surface area contributed by atoms with Crippen molar-refractivity contribution in [3.8, 4) is 0 Å². The van der Waals surface area contributed by atoms with Crippen molar-refractivity contribution in [2.45, 2.75) is 276 Å². The van der Waals surface area contributed by atoms with Crippen molar-refractivity contribution in [2.24, 2.45) is 0 Å². The molecule has 0 saturated carbocycles. The van der Waals surface area contributed by atoms with E-state index in [4.69, 9.17) is 4.74 Å². The average molecular weight is 804 g/mol. The molecular formula is C51H97NO5. The lowest BCUT2D eigenvalue weighted by Crippen LogP contribution is -2.45. The summed E-state index contributed by atoms with van der Waals surface area (Å²) in [4.78, 5) is 24.4. The fourth-order valence-corrected chi connectivity index (χ4v) is 7.57. The largest absolute Gasteiger partial charge is 0.466 e. The summed E-state index contributed by atoms with van der Waals surface area (Å²) in [5, 5.41) is 23.0. The highest BCUT2D eigenvalue weighted by Gasteiger charge is 2.20. The van der Waals surface area contributed by atoms with Crippen molar-refractivity contribution in [2.75, 3.05) is 13.2 Å². The maximum atomic E-state index is 12.4. The minimum absolute atomic E-state index is 0.0181. The number of aliphatic hydroxyl groups excluding tert-OH is 2. The highest BCUT2D eigenvalue weighted by atomic mass is 16.5. The van der Waals surface area contributed by atoms with Crippen LogP contribution in [0.25, 0.3) is 0 Å². The van der Waals surface area contributed by atoms with Crippen molar-refractivity contribution in [3.63, 3.8) is 0 Å². The van der Waals surface area contributed by atoms with Gasteiger partial charge in [0.05, 0.1) is 25.4 Å². The van der Waals surface area contributed by atoms with Gasteiger partial charge >= 0.3 is 5.97 Å². The van der Waals surface area contributed by atoms with E-state index in [1.54, 1.807) is 0 Å². The molecule has 336 valence electrons. The molecule has 2 unspecified atom stereocenters. The van der Waals surface area contributed by atoms with Crippen LogP contribution < -0.4 is 5.32 Å². The van der Waals surface area contributed by atoms with E-state index >= 15 is 0 Å². The third kappa shape index (κ3) is 43.7. The first-order chi connectivity index (χ1) is 28.0. The Balaban J connectivity index is 3.45. The summed E-state index contributed by atoms with van der Waals surface area (Å²) in [6.07, 6.45) is 54.4. The number of nitrogens with one attached hydrogen (secondary N) is 1. The molecule has 0 rings (SSSR count). The first kappa shape index (κ1) is 55.3. The van der Waals surface area contributed by atoms with Gasteiger partial charge in [-0.3, -0.25) is 9.59 Å². The molecule has 0 spiro atoms. The van der Waals surface area contributed by atoms with E-state index in [1.165, 1.54) is 161 Å². The monoisotopic (exact) mass is 804 g/mol. The fraction of sp³-hybridized carbons (Fsp3) is 0.882. The van der Waals surface area contributed by atoms with Crippen LogP contribution in [0.4, 0.5) is 0 Å². The molecule has 0 aliphatic heterocycles. The van der Waals surface area contributed by atoms with Gasteiger partial charge in [-0.1, -0.05) is 199 Å². The lowest BCUT2D eigenvalue weighted by Gasteiger charge is -2.22. The third-order valence-corrected chi connectivity index (χ3v) is 11.5. The number of unbranched alkanes of at least 4 members (excludes halogenated alkanes) is 31. The number of ether oxygens (including phenoxy) is 1. The van der Waals surface area contributed by atoms with E-state index in [0.29, 0.717) is 25.9 Å². The number of allylic oxidation sites excluding steroid dienone is 4. The summed E-state index contributed by atoms with van der Waals surface area (Å²) in [6.45, 7) is 4.88. The van der Waals surface area contributed by atoms with Gasteiger partial charge < -0.3 is 20.3 Å². The summed E-state index contributed by atoms with van der Waals surface area (Å²) < 4.78 is 5.45. The quantitative estimate of drug-likeness (QED) is 0.0324. The van der Waals surface area contributed by atoms with Crippen molar-refractivity contribution >= 4 is 11.9 Å². The zero-order chi connectivity index (χ0) is 41.5. The van der Waals surface area contributed by atoms with Crippen molar-refractivity contribution in [1.82, 2.24) is 5.32 Å². The Morgan fingerprint density at radius 3 is 1.25 bits per heavy atom. The summed E-state index contributed by atoms with van der Waals surface area (Å²) in [7, 11) is 0. The van der Waals surface area contributed by atoms with Gasteiger partial charge in [0, 0.05) is 12.8 Å². The highest BCUT2D eigenvalue weighted by Crippen LogP contribution is 2.15. The lowest BCUT2D eigenvalue weighted by atomic mass is 10.0. The van der Waals surface area contributed by atoms with Crippen molar-refractivity contribution in [3.05, 3.63) is 24.3 Å². The zero-order valence-corrected chi connectivity index (χ0v) is 38.1. The maximum Gasteiger partial charge on any atom is 0.305 e. The second-order valence-electron chi connectivity index (χ2n) is 17.1. The van der Waals surface area contributed by atoms with Crippen molar-refractivity contribution < 1.29 is 24.5 Å². The second-order valence-corrected chi connectivity index (χ2v) is 17.1. The Labute approximate surface area is 354 Å². The predicted octanol–water partition coefficient (Wildman–Crippen LogP) is 14.7. The van der Waals surface area contributed by atoms with Gasteiger partial charge in [0.15, 0.2) is 0 Å². The van der Waals surface area contributed by atoms with E-state index in [9.17, 15) is 19.8 Å². The molecule has 0 saturated heterocycles. The van der Waals surface area contributed by atoms with Crippen LogP contribution in [-0.2, 0) is 14.3 Å². The van der Waals surface area contributed by atoms with Gasteiger partial charge in [-0.05, 0) is 77.0 Å². The minimum Gasteiger partial charge on any atom is -0.466 e. The summed E-state index contributed by atoms with van der Waals surface area (Å²) >= 11 is 0. The number of esters is 1. The molecule has 0 aromatic carbocycles. The molecule has 0 aliphatic carbocycles. The number of hydrogen-bond donors (Lipinski definition) is 3. The van der Waals surface area contributed by atoms with Crippen LogP contribution in [0, 0.1) is 0 Å². The number of hydrogen-bond acceptors (Lipinski definition) is 5. The van der Waals surface area contributed by atoms with Gasteiger partial charge in [0.2, 0.25) is 5.91 Å². The molecule has 57 heavy (non-hydrogen) atoms. The Kier molecular flexibility index (Phi) is 45.7. The van der Waals surface area contributed by atoms with Crippen LogP contribution in [0.1, 0.15) is 264 Å². The number of rotatable bonds is 46. The van der Waals surface area contributed by atoms with Crippen LogP contribution in [0.2, 0.25) is 0 Å². The molecule has 0 bridgehead atoms. The molecule has 0 aliphatic rings. The summed E-state index contributed by atoms with van der Waals surface area (Å²) in [6, 6.07) is -0.550. The standard InChI is InChI=1S/C51H97NO5/c1-3-5-7-9-11-13-14-15-16-19-22-25-29-33-37-41-45-51(56)57-46-42-38-34-30-26-23-20-17-18-21-24-28-32-36-40-44-50(55)52-48(47-53)49(54)43-39-35-31-27-12-10-8-6-4-2/h16,19-20,23,48-49,53-54H,3-15,17-18,21-22,24-47H2,1-2H3,(H,52,55)/b19-16-,23-20-. The van der Waals surface area contributed by atoms with Crippen LogP contribution in [0.5, 0.6) is 0 Å². The van der Waals surface area contributed by atoms with Gasteiger partial charge in [0.1, 0.15) is 0 Å². The molecule has 0 radical (unpaired) electrons. The summed E-state index contributed by atoms with van der Waals surface area (Å²) in [5.74, 6) is -0.0716. The number of carbonyl (C=O) groups excluding carboxylic acids is 2. The van der Waals surface area contributed by atoms with Crippen LogP contribution in [0.3, 0.4) is 0 Å². The SMILES string of the molecule is CCCCCCCCC/C=C\CCCCCCCC(=O)OCCCCCC/C=C\CCCCCCCCCC(=O)NC(CO)C(O)CCCCCCCCCCC. The van der Waals surface area contributed by atoms with Crippen LogP contribution in [-0.4, -0.2) is 47.4 Å². The molecule has 0 aromatic rings. The first-order valence-corrected chi connectivity index (χ1v) is 25.1. The van der Waals surface area contributed by atoms with Gasteiger partial charge in [-0.15, -0.1) is 0 Å². The smallest absolute Gasteiger partial charge is 0.305 e. The molecule has 6 nitrogen and oxygen atoms in total. The zero-order valence-electron chi connectivity index (χ0n) is 38.1. The molecule has 1 amide bonds. The molecule has 0 heterocycles. The lowest BCUT2D eigenvalue weighted by molar-refractivity contribution is -0.143. The van der Waals surface area contributed by atoms with Gasteiger partial charge in [-0.2, -0.15) is 0 Å². The van der Waals surface area contributed by atoms with E-state index in [0.717, 1.165) is 70.6 Å². The Bertz CT molecular complexity index is 889. The molecule has 2 atom stereocenters. The Hall–Kier alpha value is -1.66. The fourth-order valence-electron chi connectivity index (χ4n) is 7.57. The maximum absolute atomic E-state index is 12.4. The predicted molar refractivity (Wildman–Crippen MR) is 246 cm³/mol. The van der Waals surface area contributed by atoms with E-state index in [2.05, 4.69) is 43.5 Å². The van der Waals surface area contributed by atoms with Crippen molar-refractivity contribution in [1.29, 1.82) is 0 Å². The normalized spacial score (nSPS) is 12.8. The summed E-state index contributed by atoms with van der Waals surface area (Å²) in [5.41, 5.74) is 0. The Morgan fingerprint density at radius 2 is 0.825 bits per heavy atom. The highest BCUT2D eigenvalue weighted by molar-refractivity contribution is 5.76. The Morgan fingerprint density at radius 1 is 0.474 bits per heavy atom. The van der Waals surface area contributed by atoms with Crippen LogP contribution >= 0.6 is 0 Å². The van der Waals surface area contributed by atoms with E-state index in [-0.39, 0.29) is 18.5 Å². The third-order valence-electron chi connectivity index (χ3n) is 11.5. The topological polar surface area (TPSA) is 95.9 Å². The molecular weight excluding hydrogens is 707 g/mol. The van der Waals surface area contributed by atoms with Gasteiger partial charge in [0.25, 0.3) is 0 Å². The molecule has 3 N–H and O–H groups in total. The average Bonchev–Trinajstić information content (AvgIpc) is 3.21.